The van der Waals surface area contributed by atoms with Crippen LogP contribution in [0.25, 0.3) is 0 Å². The largest absolute Gasteiger partial charge is 0.495 e. The van der Waals surface area contributed by atoms with Crippen LogP contribution in [0.15, 0.2) is 24.4 Å². The average Bonchev–Trinajstić information content (AvgIpc) is 3.20. The number of carbonyl (C=O) groups excluding carboxylic acids is 2. The predicted molar refractivity (Wildman–Crippen MR) is 96.9 cm³/mol. The third-order valence-electron chi connectivity index (χ3n) is 4.20. The fourth-order valence-corrected chi connectivity index (χ4v) is 3.12. The standard InChI is InChI=1S/C17H19ClN4O4/c1-21-5-4-15(20-21)19-17(24)10-6-16(23)22(9-10)12-7-11(18)13(25-2)8-14(12)26-3/h4-5,7-8,10H,6,9H2,1-3H3,(H,19,20,24)/t10-/m0/s1. The maximum absolute atomic E-state index is 12.5. The van der Waals surface area contributed by atoms with Crippen LogP contribution in [0, 0.1) is 5.92 Å². The molecule has 138 valence electrons. The van der Waals surface area contributed by atoms with E-state index in [1.165, 1.54) is 19.1 Å². The highest BCUT2D eigenvalue weighted by Crippen LogP contribution is 2.40. The predicted octanol–water partition coefficient (Wildman–Crippen LogP) is 2.08. The molecule has 0 saturated carbocycles. The van der Waals surface area contributed by atoms with E-state index < -0.39 is 5.92 Å². The number of anilines is 2. The fourth-order valence-electron chi connectivity index (χ4n) is 2.88. The monoisotopic (exact) mass is 378 g/mol. The Balaban J connectivity index is 1.79. The molecule has 2 aromatic rings. The molecule has 1 aromatic carbocycles. The molecular weight excluding hydrogens is 360 g/mol. The summed E-state index contributed by atoms with van der Waals surface area (Å²) in [5.41, 5.74) is 0.511. The van der Waals surface area contributed by atoms with Crippen molar-refractivity contribution in [2.24, 2.45) is 13.0 Å². The second-order valence-electron chi connectivity index (χ2n) is 5.93. The van der Waals surface area contributed by atoms with Crippen LogP contribution in [0.5, 0.6) is 11.5 Å². The number of benzene rings is 1. The quantitative estimate of drug-likeness (QED) is 0.860. The minimum Gasteiger partial charge on any atom is -0.495 e. The van der Waals surface area contributed by atoms with Crippen molar-refractivity contribution in [3.05, 3.63) is 29.4 Å². The molecule has 1 aliphatic heterocycles. The molecule has 2 amide bonds. The summed E-state index contributed by atoms with van der Waals surface area (Å²) in [7, 11) is 4.76. The normalized spacial score (nSPS) is 16.7. The topological polar surface area (TPSA) is 85.7 Å². The lowest BCUT2D eigenvalue weighted by Gasteiger charge is -2.20. The van der Waals surface area contributed by atoms with Gasteiger partial charge in [-0.15, -0.1) is 0 Å². The summed E-state index contributed by atoms with van der Waals surface area (Å²) < 4.78 is 12.1. The Morgan fingerprint density at radius 3 is 2.65 bits per heavy atom. The zero-order chi connectivity index (χ0) is 18.8. The number of hydrogen-bond acceptors (Lipinski definition) is 5. The van der Waals surface area contributed by atoms with Crippen molar-refractivity contribution in [3.8, 4) is 11.5 Å². The molecule has 0 aliphatic carbocycles. The SMILES string of the molecule is COc1cc(OC)c(N2C[C@@H](C(=O)Nc3ccn(C)n3)CC2=O)cc1Cl. The number of nitrogens with zero attached hydrogens (tertiary/aromatic N) is 3. The third-order valence-corrected chi connectivity index (χ3v) is 4.50. The van der Waals surface area contributed by atoms with Gasteiger partial charge in [0.05, 0.1) is 30.8 Å². The van der Waals surface area contributed by atoms with E-state index in [-0.39, 0.29) is 24.8 Å². The summed E-state index contributed by atoms with van der Waals surface area (Å²) in [4.78, 5) is 26.4. The molecule has 0 spiro atoms. The van der Waals surface area contributed by atoms with Crippen molar-refractivity contribution in [1.29, 1.82) is 0 Å². The van der Waals surface area contributed by atoms with E-state index in [0.29, 0.717) is 28.0 Å². The van der Waals surface area contributed by atoms with E-state index >= 15 is 0 Å². The van der Waals surface area contributed by atoms with E-state index in [1.807, 2.05) is 0 Å². The number of carbonyl (C=O) groups is 2. The average molecular weight is 379 g/mol. The molecule has 1 atom stereocenters. The maximum Gasteiger partial charge on any atom is 0.231 e. The van der Waals surface area contributed by atoms with Gasteiger partial charge in [-0.05, 0) is 6.07 Å². The maximum atomic E-state index is 12.5. The summed E-state index contributed by atoms with van der Waals surface area (Å²) in [6, 6.07) is 4.92. The molecule has 26 heavy (non-hydrogen) atoms. The molecule has 3 rings (SSSR count). The number of rotatable bonds is 5. The van der Waals surface area contributed by atoms with Gasteiger partial charge in [-0.2, -0.15) is 5.10 Å². The van der Waals surface area contributed by atoms with Gasteiger partial charge in [-0.1, -0.05) is 11.6 Å². The lowest BCUT2D eigenvalue weighted by Crippen LogP contribution is -2.28. The minimum absolute atomic E-state index is 0.103. The van der Waals surface area contributed by atoms with Gasteiger partial charge in [0, 0.05) is 38.3 Å². The Morgan fingerprint density at radius 2 is 2.04 bits per heavy atom. The number of ether oxygens (including phenoxy) is 2. The van der Waals surface area contributed by atoms with Crippen LogP contribution < -0.4 is 19.7 Å². The first-order valence-electron chi connectivity index (χ1n) is 7.95. The number of nitrogens with one attached hydrogen (secondary N) is 1. The number of halogens is 1. The van der Waals surface area contributed by atoms with Gasteiger partial charge >= 0.3 is 0 Å². The van der Waals surface area contributed by atoms with Gasteiger partial charge in [0.1, 0.15) is 11.5 Å². The van der Waals surface area contributed by atoms with Crippen LogP contribution in [0.2, 0.25) is 5.02 Å². The number of methoxy groups -OCH3 is 2. The number of hydrogen-bond donors (Lipinski definition) is 1. The van der Waals surface area contributed by atoms with E-state index in [1.54, 1.807) is 36.1 Å². The van der Waals surface area contributed by atoms with Gasteiger partial charge in [0.15, 0.2) is 5.82 Å². The zero-order valence-corrected chi connectivity index (χ0v) is 15.4. The van der Waals surface area contributed by atoms with Gasteiger partial charge in [0.2, 0.25) is 11.8 Å². The Bertz CT molecular complexity index is 851. The molecular formula is C17H19ClN4O4. The molecule has 1 aliphatic rings. The van der Waals surface area contributed by atoms with Crippen molar-refractivity contribution in [3.63, 3.8) is 0 Å². The van der Waals surface area contributed by atoms with Crippen molar-refractivity contribution in [2.75, 3.05) is 31.0 Å². The Labute approximate surface area is 155 Å². The molecule has 1 aromatic heterocycles. The minimum atomic E-state index is -0.491. The highest BCUT2D eigenvalue weighted by Gasteiger charge is 2.37. The van der Waals surface area contributed by atoms with Gasteiger partial charge < -0.3 is 19.7 Å². The lowest BCUT2D eigenvalue weighted by atomic mass is 10.1. The van der Waals surface area contributed by atoms with Gasteiger partial charge in [0.25, 0.3) is 0 Å². The van der Waals surface area contributed by atoms with Gasteiger partial charge in [-0.3, -0.25) is 14.3 Å². The lowest BCUT2D eigenvalue weighted by molar-refractivity contribution is -0.122. The Morgan fingerprint density at radius 1 is 1.31 bits per heavy atom. The van der Waals surface area contributed by atoms with Crippen LogP contribution in [0.4, 0.5) is 11.5 Å². The third kappa shape index (κ3) is 3.45. The van der Waals surface area contributed by atoms with Gasteiger partial charge in [-0.25, -0.2) is 0 Å². The van der Waals surface area contributed by atoms with Crippen molar-refractivity contribution >= 4 is 34.9 Å². The smallest absolute Gasteiger partial charge is 0.231 e. The van der Waals surface area contributed by atoms with Crippen molar-refractivity contribution in [2.45, 2.75) is 6.42 Å². The van der Waals surface area contributed by atoms with Crippen molar-refractivity contribution in [1.82, 2.24) is 9.78 Å². The first kappa shape index (κ1) is 18.1. The van der Waals surface area contributed by atoms with Crippen LogP contribution in [0.3, 0.4) is 0 Å². The van der Waals surface area contributed by atoms with E-state index in [9.17, 15) is 9.59 Å². The molecule has 1 N–H and O–H groups in total. The molecule has 0 bridgehead atoms. The summed E-state index contributed by atoms with van der Waals surface area (Å²) in [5.74, 6) is 0.432. The second kappa shape index (κ2) is 7.25. The first-order chi connectivity index (χ1) is 12.4. The summed E-state index contributed by atoms with van der Waals surface area (Å²) in [5, 5.41) is 7.20. The Hall–Kier alpha value is -2.74. The van der Waals surface area contributed by atoms with Crippen molar-refractivity contribution < 1.29 is 19.1 Å². The molecule has 1 fully saturated rings. The Kier molecular flexibility index (Phi) is 5.03. The second-order valence-corrected chi connectivity index (χ2v) is 6.34. The molecule has 9 heteroatoms. The van der Waals surface area contributed by atoms with E-state index in [2.05, 4.69) is 10.4 Å². The first-order valence-corrected chi connectivity index (χ1v) is 8.33. The number of amides is 2. The van der Waals surface area contributed by atoms with Crippen LogP contribution >= 0.6 is 11.6 Å². The molecule has 1 saturated heterocycles. The van der Waals surface area contributed by atoms with E-state index in [0.717, 1.165) is 0 Å². The molecule has 0 radical (unpaired) electrons. The van der Waals surface area contributed by atoms with Crippen LogP contribution in [-0.2, 0) is 16.6 Å². The molecule has 8 nitrogen and oxygen atoms in total. The highest BCUT2D eigenvalue weighted by molar-refractivity contribution is 6.32. The zero-order valence-electron chi connectivity index (χ0n) is 14.7. The summed E-state index contributed by atoms with van der Waals surface area (Å²) in [6.07, 6.45) is 1.83. The summed E-state index contributed by atoms with van der Waals surface area (Å²) in [6.45, 7) is 0.233. The number of aromatic nitrogens is 2. The highest BCUT2D eigenvalue weighted by atomic mass is 35.5. The molecule has 2 heterocycles. The molecule has 0 unspecified atom stereocenters. The van der Waals surface area contributed by atoms with Crippen LogP contribution in [0.1, 0.15) is 6.42 Å². The van der Waals surface area contributed by atoms with Crippen LogP contribution in [-0.4, -0.2) is 42.4 Å². The number of aryl methyl sites for hydroxylation is 1. The van der Waals surface area contributed by atoms with E-state index in [4.69, 9.17) is 21.1 Å². The summed E-state index contributed by atoms with van der Waals surface area (Å²) >= 11 is 6.18. The fraction of sp³-hybridized carbons (Fsp3) is 0.353.